The van der Waals surface area contributed by atoms with E-state index in [0.717, 1.165) is 4.47 Å². The van der Waals surface area contributed by atoms with Gasteiger partial charge in [0.25, 0.3) is 0 Å². The Labute approximate surface area is 97.4 Å². The van der Waals surface area contributed by atoms with Crippen molar-refractivity contribution in [2.75, 3.05) is 0 Å². The number of benzene rings is 1. The van der Waals surface area contributed by atoms with Crippen LogP contribution in [0.5, 0.6) is 0 Å². The maximum Gasteiger partial charge on any atom is 0.130 e. The average molecular weight is 273 g/mol. The summed E-state index contributed by atoms with van der Waals surface area (Å²) in [6.07, 6.45) is 0.631. The first-order valence-corrected chi connectivity index (χ1v) is 6.17. The molecule has 0 radical (unpaired) electrons. The highest BCUT2D eigenvalue weighted by atomic mass is 79.9. The van der Waals surface area contributed by atoms with Gasteiger partial charge in [0, 0.05) is 21.0 Å². The number of thioether (sulfide) groups is 1. The van der Waals surface area contributed by atoms with Crippen molar-refractivity contribution in [3.05, 3.63) is 28.7 Å². The minimum absolute atomic E-state index is 0.247. The van der Waals surface area contributed by atoms with E-state index >= 15 is 0 Å². The molecule has 0 aliphatic carbocycles. The summed E-state index contributed by atoms with van der Waals surface area (Å²) in [4.78, 5) is 12.1. The lowest BCUT2D eigenvalue weighted by molar-refractivity contribution is -0.116. The molecule has 76 valence electrons. The molecule has 0 amide bonds. The van der Waals surface area contributed by atoms with Crippen molar-refractivity contribution < 1.29 is 4.79 Å². The van der Waals surface area contributed by atoms with Crippen LogP contribution in [0.3, 0.4) is 0 Å². The van der Waals surface area contributed by atoms with Crippen LogP contribution in [0.15, 0.2) is 33.6 Å². The summed E-state index contributed by atoms with van der Waals surface area (Å²) in [5.74, 6) is 0.247. The summed E-state index contributed by atoms with van der Waals surface area (Å²) >= 11 is 5.22. The second-order valence-electron chi connectivity index (χ2n) is 3.27. The fourth-order valence-electron chi connectivity index (χ4n) is 1.20. The van der Waals surface area contributed by atoms with Gasteiger partial charge in [0.1, 0.15) is 5.78 Å². The van der Waals surface area contributed by atoms with Crippen LogP contribution in [-0.4, -0.2) is 11.0 Å². The minimum Gasteiger partial charge on any atom is -0.300 e. The van der Waals surface area contributed by atoms with E-state index in [2.05, 4.69) is 28.9 Å². The fraction of sp³-hybridized carbons (Fsp3) is 0.364. The number of Topliss-reactive ketones (excluding diaryl/α,β-unsaturated/α-hetero) is 1. The second-order valence-corrected chi connectivity index (χ2v) is 5.60. The number of carbonyl (C=O) groups is 1. The van der Waals surface area contributed by atoms with Crippen LogP contribution in [0.25, 0.3) is 0 Å². The van der Waals surface area contributed by atoms with Gasteiger partial charge in [-0.25, -0.2) is 0 Å². The highest BCUT2D eigenvalue weighted by Gasteiger charge is 2.08. The van der Waals surface area contributed by atoms with Crippen molar-refractivity contribution in [2.24, 2.45) is 0 Å². The molecule has 1 unspecified atom stereocenters. The Morgan fingerprint density at radius 3 is 2.71 bits per heavy atom. The van der Waals surface area contributed by atoms with Crippen LogP contribution < -0.4 is 0 Å². The molecule has 1 atom stereocenters. The zero-order valence-electron chi connectivity index (χ0n) is 8.29. The van der Waals surface area contributed by atoms with Gasteiger partial charge in [-0.2, -0.15) is 0 Å². The van der Waals surface area contributed by atoms with E-state index in [0.29, 0.717) is 11.7 Å². The number of rotatable bonds is 4. The molecule has 3 heteroatoms. The third-order valence-electron chi connectivity index (χ3n) is 1.74. The van der Waals surface area contributed by atoms with E-state index in [1.807, 2.05) is 18.2 Å². The maximum atomic E-state index is 10.9. The van der Waals surface area contributed by atoms with Crippen LogP contribution in [0.4, 0.5) is 0 Å². The first-order valence-electron chi connectivity index (χ1n) is 4.50. The van der Waals surface area contributed by atoms with Crippen molar-refractivity contribution in [3.8, 4) is 0 Å². The Morgan fingerprint density at radius 1 is 1.50 bits per heavy atom. The number of hydrogen-bond donors (Lipinski definition) is 0. The van der Waals surface area contributed by atoms with Crippen LogP contribution in [0.2, 0.25) is 0 Å². The lowest BCUT2D eigenvalue weighted by Gasteiger charge is -2.10. The molecule has 1 rings (SSSR count). The summed E-state index contributed by atoms with van der Waals surface area (Å²) in [6.45, 7) is 3.71. The SMILES string of the molecule is CC(=O)CC(C)Sc1ccccc1Br. The molecule has 0 spiro atoms. The van der Waals surface area contributed by atoms with E-state index in [4.69, 9.17) is 0 Å². The van der Waals surface area contributed by atoms with Crippen molar-refractivity contribution >= 4 is 33.5 Å². The summed E-state index contributed by atoms with van der Waals surface area (Å²) in [7, 11) is 0. The van der Waals surface area contributed by atoms with E-state index < -0.39 is 0 Å². The van der Waals surface area contributed by atoms with E-state index in [1.54, 1.807) is 18.7 Å². The third-order valence-corrected chi connectivity index (χ3v) is 3.87. The molecular weight excluding hydrogens is 260 g/mol. The highest BCUT2D eigenvalue weighted by Crippen LogP contribution is 2.31. The van der Waals surface area contributed by atoms with Crippen molar-refractivity contribution in [1.82, 2.24) is 0 Å². The number of halogens is 1. The number of carbonyl (C=O) groups excluding carboxylic acids is 1. The van der Waals surface area contributed by atoms with Gasteiger partial charge in [0.15, 0.2) is 0 Å². The largest absolute Gasteiger partial charge is 0.300 e. The topological polar surface area (TPSA) is 17.1 Å². The fourth-order valence-corrected chi connectivity index (χ4v) is 2.86. The Balaban J connectivity index is 2.60. The molecule has 1 aromatic rings. The van der Waals surface area contributed by atoms with Crippen LogP contribution in [-0.2, 0) is 4.79 Å². The van der Waals surface area contributed by atoms with Gasteiger partial charge in [-0.1, -0.05) is 19.1 Å². The van der Waals surface area contributed by atoms with Crippen LogP contribution >= 0.6 is 27.7 Å². The van der Waals surface area contributed by atoms with E-state index in [1.165, 1.54) is 4.90 Å². The summed E-state index contributed by atoms with van der Waals surface area (Å²) in [5.41, 5.74) is 0. The van der Waals surface area contributed by atoms with Gasteiger partial charge in [-0.3, -0.25) is 4.79 Å². The number of hydrogen-bond acceptors (Lipinski definition) is 2. The predicted molar refractivity (Wildman–Crippen MR) is 64.8 cm³/mol. The standard InChI is InChI=1S/C11H13BrOS/c1-8(13)7-9(2)14-11-6-4-3-5-10(11)12/h3-6,9H,7H2,1-2H3. The molecule has 0 aliphatic rings. The van der Waals surface area contributed by atoms with Gasteiger partial charge in [-0.05, 0) is 35.0 Å². The molecule has 1 aromatic carbocycles. The first kappa shape index (κ1) is 11.8. The van der Waals surface area contributed by atoms with Gasteiger partial charge >= 0.3 is 0 Å². The van der Waals surface area contributed by atoms with Crippen molar-refractivity contribution in [2.45, 2.75) is 30.4 Å². The summed E-state index contributed by atoms with van der Waals surface area (Å²) in [5, 5.41) is 0.339. The first-order chi connectivity index (χ1) is 6.59. The van der Waals surface area contributed by atoms with Crippen LogP contribution in [0.1, 0.15) is 20.3 Å². The summed E-state index contributed by atoms with van der Waals surface area (Å²) < 4.78 is 1.10. The highest BCUT2D eigenvalue weighted by molar-refractivity contribution is 9.10. The molecule has 0 aromatic heterocycles. The molecule has 0 fully saturated rings. The second kappa shape index (κ2) is 5.56. The minimum atomic E-state index is 0.247. The lowest BCUT2D eigenvalue weighted by Crippen LogP contribution is -2.02. The molecule has 0 saturated heterocycles. The third kappa shape index (κ3) is 3.84. The Hall–Kier alpha value is -0.280. The maximum absolute atomic E-state index is 10.9. The zero-order valence-corrected chi connectivity index (χ0v) is 10.7. The van der Waals surface area contributed by atoms with E-state index in [9.17, 15) is 4.79 Å². The molecule has 0 saturated carbocycles. The van der Waals surface area contributed by atoms with Gasteiger partial charge in [0.05, 0.1) is 0 Å². The van der Waals surface area contributed by atoms with Gasteiger partial charge < -0.3 is 0 Å². The van der Waals surface area contributed by atoms with Crippen LogP contribution in [0, 0.1) is 0 Å². The van der Waals surface area contributed by atoms with Gasteiger partial charge in [-0.15, -0.1) is 11.8 Å². The summed E-state index contributed by atoms with van der Waals surface area (Å²) in [6, 6.07) is 8.07. The molecule has 0 aliphatic heterocycles. The molecule has 0 N–H and O–H groups in total. The average Bonchev–Trinajstić information content (AvgIpc) is 2.07. The lowest BCUT2D eigenvalue weighted by atomic mass is 10.2. The predicted octanol–water partition coefficient (Wildman–Crippen LogP) is 3.91. The molecule has 0 heterocycles. The number of ketones is 1. The zero-order chi connectivity index (χ0) is 10.6. The molecule has 0 bridgehead atoms. The van der Waals surface area contributed by atoms with E-state index in [-0.39, 0.29) is 5.78 Å². The Morgan fingerprint density at radius 2 is 2.14 bits per heavy atom. The molecule has 1 nitrogen and oxygen atoms in total. The Kier molecular flexibility index (Phi) is 4.69. The Bertz CT molecular complexity index is 325. The quantitative estimate of drug-likeness (QED) is 0.774. The molecular formula is C11H13BrOS. The normalized spacial score (nSPS) is 12.5. The van der Waals surface area contributed by atoms with Crippen molar-refractivity contribution in [1.29, 1.82) is 0 Å². The van der Waals surface area contributed by atoms with Gasteiger partial charge in [0.2, 0.25) is 0 Å². The van der Waals surface area contributed by atoms with Crippen molar-refractivity contribution in [3.63, 3.8) is 0 Å². The monoisotopic (exact) mass is 272 g/mol. The smallest absolute Gasteiger partial charge is 0.130 e. The molecule has 14 heavy (non-hydrogen) atoms.